The molecule has 0 aliphatic carbocycles. The lowest BCUT2D eigenvalue weighted by molar-refractivity contribution is 0.470. The Morgan fingerprint density at radius 2 is 1.94 bits per heavy atom. The Bertz CT molecular complexity index is 381. The number of benzene rings is 1. The molecule has 18 heavy (non-hydrogen) atoms. The fraction of sp³-hybridized carbons (Fsp3) is 0.625. The van der Waals surface area contributed by atoms with Crippen molar-refractivity contribution in [2.45, 2.75) is 46.0 Å². The van der Waals surface area contributed by atoms with Gasteiger partial charge < -0.3 is 11.1 Å². The third-order valence-electron chi connectivity index (χ3n) is 3.55. The van der Waals surface area contributed by atoms with Crippen molar-refractivity contribution in [2.24, 2.45) is 5.73 Å². The first kappa shape index (κ1) is 15.2. The molecule has 2 nitrogen and oxygen atoms in total. The second kappa shape index (κ2) is 6.35. The Kier molecular flexibility index (Phi) is 5.36. The first-order valence-corrected chi connectivity index (χ1v) is 6.90. The van der Waals surface area contributed by atoms with Gasteiger partial charge in [-0.1, -0.05) is 45.9 Å². The summed E-state index contributed by atoms with van der Waals surface area (Å²) in [6.45, 7) is 13.8. The van der Waals surface area contributed by atoms with Gasteiger partial charge in [0.15, 0.2) is 0 Å². The summed E-state index contributed by atoms with van der Waals surface area (Å²) in [5, 5.41) is 3.42. The summed E-state index contributed by atoms with van der Waals surface area (Å²) in [5.41, 5.74) is 9.91. The van der Waals surface area contributed by atoms with Crippen molar-refractivity contribution in [2.75, 3.05) is 19.6 Å². The summed E-state index contributed by atoms with van der Waals surface area (Å²) in [7, 11) is 0. The largest absolute Gasteiger partial charge is 0.329 e. The van der Waals surface area contributed by atoms with Gasteiger partial charge in [0.05, 0.1) is 0 Å². The molecule has 1 aromatic carbocycles. The Balaban J connectivity index is 2.95. The van der Waals surface area contributed by atoms with Crippen molar-refractivity contribution >= 4 is 0 Å². The molecule has 0 spiro atoms. The Hall–Kier alpha value is -0.860. The Morgan fingerprint density at radius 3 is 2.50 bits per heavy atom. The molecule has 1 rings (SSSR count). The van der Waals surface area contributed by atoms with Crippen LogP contribution in [0, 0.1) is 6.92 Å². The number of hydrogen-bond donors (Lipinski definition) is 2. The quantitative estimate of drug-likeness (QED) is 0.760. The van der Waals surface area contributed by atoms with Gasteiger partial charge in [0.2, 0.25) is 0 Å². The number of nitrogens with two attached hydrogens (primary N) is 1. The summed E-state index contributed by atoms with van der Waals surface area (Å²) in [6, 6.07) is 6.85. The molecule has 3 N–H and O–H groups in total. The number of aryl methyl sites for hydroxylation is 1. The van der Waals surface area contributed by atoms with Gasteiger partial charge in [-0.05, 0) is 29.5 Å². The van der Waals surface area contributed by atoms with Crippen LogP contribution in [0.25, 0.3) is 0 Å². The van der Waals surface area contributed by atoms with Crippen molar-refractivity contribution < 1.29 is 0 Å². The van der Waals surface area contributed by atoms with Crippen LogP contribution < -0.4 is 11.1 Å². The number of rotatable bonds is 6. The average Bonchev–Trinajstić information content (AvgIpc) is 2.29. The lowest BCUT2D eigenvalue weighted by atomic mass is 9.80. The van der Waals surface area contributed by atoms with E-state index in [9.17, 15) is 0 Å². The fourth-order valence-electron chi connectivity index (χ4n) is 2.33. The lowest BCUT2D eigenvalue weighted by Gasteiger charge is -2.28. The molecule has 0 radical (unpaired) electrons. The van der Waals surface area contributed by atoms with Gasteiger partial charge in [-0.2, -0.15) is 0 Å². The Labute approximate surface area is 112 Å². The van der Waals surface area contributed by atoms with Gasteiger partial charge in [0, 0.05) is 25.0 Å². The highest BCUT2D eigenvalue weighted by atomic mass is 14.9. The highest BCUT2D eigenvalue weighted by molar-refractivity contribution is 5.37. The summed E-state index contributed by atoms with van der Waals surface area (Å²) in [5.74, 6) is 0.581. The molecule has 0 saturated carbocycles. The van der Waals surface area contributed by atoms with Gasteiger partial charge in [-0.15, -0.1) is 0 Å². The van der Waals surface area contributed by atoms with Crippen LogP contribution in [0.3, 0.4) is 0 Å². The Morgan fingerprint density at radius 1 is 1.28 bits per heavy atom. The van der Waals surface area contributed by atoms with Crippen LogP contribution in [0.15, 0.2) is 18.2 Å². The molecule has 0 bridgehead atoms. The van der Waals surface area contributed by atoms with Crippen molar-refractivity contribution in [3.05, 3.63) is 34.9 Å². The second-order valence-corrected chi connectivity index (χ2v) is 6.08. The number of hydrogen-bond acceptors (Lipinski definition) is 2. The minimum Gasteiger partial charge on any atom is -0.329 e. The summed E-state index contributed by atoms with van der Waals surface area (Å²) >= 11 is 0. The molecule has 2 heteroatoms. The van der Waals surface area contributed by atoms with Crippen LogP contribution in [0.1, 0.15) is 50.3 Å². The van der Waals surface area contributed by atoms with Crippen molar-refractivity contribution in [1.29, 1.82) is 0 Å². The molecule has 102 valence electrons. The van der Waals surface area contributed by atoms with E-state index in [1.165, 1.54) is 16.7 Å². The van der Waals surface area contributed by atoms with E-state index in [2.05, 4.69) is 58.1 Å². The topological polar surface area (TPSA) is 38.0 Å². The monoisotopic (exact) mass is 248 g/mol. The zero-order chi connectivity index (χ0) is 13.8. The van der Waals surface area contributed by atoms with Gasteiger partial charge in [-0.3, -0.25) is 0 Å². The molecule has 1 aromatic rings. The van der Waals surface area contributed by atoms with Gasteiger partial charge >= 0.3 is 0 Å². The first-order valence-electron chi connectivity index (χ1n) is 6.90. The van der Waals surface area contributed by atoms with E-state index >= 15 is 0 Å². The van der Waals surface area contributed by atoms with E-state index in [1.807, 2.05) is 0 Å². The average molecular weight is 248 g/mol. The van der Waals surface area contributed by atoms with Crippen LogP contribution >= 0.6 is 0 Å². The maximum absolute atomic E-state index is 5.53. The van der Waals surface area contributed by atoms with E-state index in [1.54, 1.807) is 0 Å². The fourth-order valence-corrected chi connectivity index (χ4v) is 2.33. The highest BCUT2D eigenvalue weighted by Gasteiger charge is 2.22. The lowest BCUT2D eigenvalue weighted by Crippen LogP contribution is -2.36. The molecule has 0 unspecified atom stereocenters. The summed E-state index contributed by atoms with van der Waals surface area (Å²) in [6.07, 6.45) is 0. The van der Waals surface area contributed by atoms with Crippen LogP contribution in [-0.4, -0.2) is 19.6 Å². The third kappa shape index (κ3) is 3.82. The molecule has 0 aromatic heterocycles. The highest BCUT2D eigenvalue weighted by Crippen LogP contribution is 2.28. The third-order valence-corrected chi connectivity index (χ3v) is 3.55. The molecule has 0 fully saturated rings. The minimum absolute atomic E-state index is 0.143. The SMILES string of the molecule is Cc1ccc(C(C)C)cc1C(C)(C)CNCCN. The molecule has 0 heterocycles. The first-order chi connectivity index (χ1) is 8.38. The van der Waals surface area contributed by atoms with Crippen LogP contribution in [0.2, 0.25) is 0 Å². The molecule has 0 aliphatic rings. The van der Waals surface area contributed by atoms with Gasteiger partial charge in [-0.25, -0.2) is 0 Å². The van der Waals surface area contributed by atoms with E-state index in [-0.39, 0.29) is 5.41 Å². The molecule has 0 saturated heterocycles. The van der Waals surface area contributed by atoms with E-state index < -0.39 is 0 Å². The van der Waals surface area contributed by atoms with E-state index in [4.69, 9.17) is 5.73 Å². The predicted octanol–water partition coefficient (Wildman–Crippen LogP) is 2.94. The van der Waals surface area contributed by atoms with Crippen molar-refractivity contribution in [3.63, 3.8) is 0 Å². The standard InChI is InChI=1S/C16H28N2/c1-12(2)14-7-6-13(3)15(10-14)16(4,5)11-18-9-8-17/h6-7,10,12,18H,8-9,11,17H2,1-5H3. The molecule has 0 aliphatic heterocycles. The van der Waals surface area contributed by atoms with E-state index in [0.717, 1.165) is 13.1 Å². The maximum atomic E-state index is 5.53. The zero-order valence-electron chi connectivity index (χ0n) is 12.5. The molecular weight excluding hydrogens is 220 g/mol. The van der Waals surface area contributed by atoms with Gasteiger partial charge in [0.1, 0.15) is 0 Å². The van der Waals surface area contributed by atoms with Gasteiger partial charge in [0.25, 0.3) is 0 Å². The smallest absolute Gasteiger partial charge is 0.00748 e. The molecule has 0 atom stereocenters. The number of nitrogens with one attached hydrogen (secondary N) is 1. The van der Waals surface area contributed by atoms with Crippen LogP contribution in [0.5, 0.6) is 0 Å². The summed E-state index contributed by atoms with van der Waals surface area (Å²) < 4.78 is 0. The molecular formula is C16H28N2. The van der Waals surface area contributed by atoms with Crippen LogP contribution in [0.4, 0.5) is 0 Å². The minimum atomic E-state index is 0.143. The van der Waals surface area contributed by atoms with Crippen molar-refractivity contribution in [1.82, 2.24) is 5.32 Å². The van der Waals surface area contributed by atoms with Crippen molar-refractivity contribution in [3.8, 4) is 0 Å². The normalized spacial score (nSPS) is 12.2. The van der Waals surface area contributed by atoms with E-state index in [0.29, 0.717) is 12.5 Å². The maximum Gasteiger partial charge on any atom is 0.00748 e. The second-order valence-electron chi connectivity index (χ2n) is 6.08. The zero-order valence-corrected chi connectivity index (χ0v) is 12.5. The molecule has 0 amide bonds. The summed E-state index contributed by atoms with van der Waals surface area (Å²) in [4.78, 5) is 0. The predicted molar refractivity (Wildman–Crippen MR) is 80.2 cm³/mol. The van der Waals surface area contributed by atoms with Crippen LogP contribution in [-0.2, 0) is 5.41 Å².